The number of nitrogens with two attached hydrogens (primary N) is 1. The topological polar surface area (TPSA) is 55.1 Å². The number of nitrogens with one attached hydrogen (secondary N) is 1. The number of amides is 1. The Bertz CT molecular complexity index is 380. The fourth-order valence-corrected chi connectivity index (χ4v) is 2.20. The van der Waals surface area contributed by atoms with E-state index in [1.165, 1.54) is 5.56 Å². The molecule has 0 atom stereocenters. The highest BCUT2D eigenvalue weighted by atomic mass is 32.2. The third-order valence-corrected chi connectivity index (χ3v) is 3.65. The Morgan fingerprint density at radius 3 is 2.88 bits per heavy atom. The van der Waals surface area contributed by atoms with Crippen LogP contribution < -0.4 is 11.1 Å². The maximum atomic E-state index is 11.7. The van der Waals surface area contributed by atoms with Crippen molar-refractivity contribution in [1.82, 2.24) is 0 Å². The lowest BCUT2D eigenvalue weighted by Crippen LogP contribution is -2.15. The summed E-state index contributed by atoms with van der Waals surface area (Å²) in [4.78, 5) is 11.7. The van der Waals surface area contributed by atoms with Gasteiger partial charge >= 0.3 is 0 Å². The van der Waals surface area contributed by atoms with E-state index in [4.69, 9.17) is 5.73 Å². The lowest BCUT2D eigenvalue weighted by atomic mass is 10.1. The van der Waals surface area contributed by atoms with Crippen LogP contribution in [0.15, 0.2) is 18.2 Å². The van der Waals surface area contributed by atoms with Crippen molar-refractivity contribution in [3.05, 3.63) is 29.3 Å². The number of anilines is 1. The van der Waals surface area contributed by atoms with E-state index in [9.17, 15) is 4.79 Å². The lowest BCUT2D eigenvalue weighted by Gasteiger charge is -2.10. The highest BCUT2D eigenvalue weighted by Gasteiger charge is 2.05. The summed E-state index contributed by atoms with van der Waals surface area (Å²) in [5, 5.41) is 2.94. The quantitative estimate of drug-likeness (QED) is 0.764. The summed E-state index contributed by atoms with van der Waals surface area (Å²) in [5.41, 5.74) is 8.63. The molecule has 0 fully saturated rings. The van der Waals surface area contributed by atoms with E-state index in [2.05, 4.69) is 5.32 Å². The predicted octanol–water partition coefficient (Wildman–Crippen LogP) is 2.32. The molecule has 0 bridgehead atoms. The first-order valence-corrected chi connectivity index (χ1v) is 6.94. The number of rotatable bonds is 6. The van der Waals surface area contributed by atoms with E-state index in [-0.39, 0.29) is 5.91 Å². The second kappa shape index (κ2) is 7.35. The molecule has 0 saturated heterocycles. The number of thioether (sulfide) groups is 1. The molecule has 1 aromatic rings. The fraction of sp³-hybridized carbons (Fsp3) is 0.462. The van der Waals surface area contributed by atoms with Gasteiger partial charge in [0.1, 0.15) is 0 Å². The van der Waals surface area contributed by atoms with Crippen LogP contribution in [0.2, 0.25) is 0 Å². The van der Waals surface area contributed by atoms with Crippen LogP contribution in [-0.2, 0) is 4.79 Å². The van der Waals surface area contributed by atoms with Gasteiger partial charge in [-0.2, -0.15) is 11.8 Å². The Morgan fingerprint density at radius 1 is 1.41 bits per heavy atom. The second-order valence-corrected chi connectivity index (χ2v) is 5.10. The minimum absolute atomic E-state index is 0.0562. The van der Waals surface area contributed by atoms with E-state index in [0.717, 1.165) is 23.4 Å². The molecule has 3 nitrogen and oxygen atoms in total. The Labute approximate surface area is 107 Å². The normalized spacial score (nSPS) is 10.3. The molecule has 1 aromatic carbocycles. The summed E-state index contributed by atoms with van der Waals surface area (Å²) >= 11 is 1.62. The SMILES string of the molecule is Cc1cccc(NC(=O)CSCCCN)c1C. The molecule has 4 heteroatoms. The van der Waals surface area contributed by atoms with Crippen molar-refractivity contribution in [1.29, 1.82) is 0 Å². The first-order valence-electron chi connectivity index (χ1n) is 5.79. The van der Waals surface area contributed by atoms with Crippen LogP contribution >= 0.6 is 11.8 Å². The van der Waals surface area contributed by atoms with Gasteiger partial charge < -0.3 is 11.1 Å². The highest BCUT2D eigenvalue weighted by Crippen LogP contribution is 2.18. The minimum Gasteiger partial charge on any atom is -0.330 e. The van der Waals surface area contributed by atoms with Crippen molar-refractivity contribution < 1.29 is 4.79 Å². The van der Waals surface area contributed by atoms with Gasteiger partial charge in [-0.15, -0.1) is 0 Å². The van der Waals surface area contributed by atoms with Crippen LogP contribution in [0.3, 0.4) is 0 Å². The molecule has 3 N–H and O–H groups in total. The molecule has 0 aliphatic carbocycles. The molecule has 0 aromatic heterocycles. The van der Waals surface area contributed by atoms with Gasteiger partial charge in [0.2, 0.25) is 5.91 Å². The Morgan fingerprint density at radius 2 is 2.18 bits per heavy atom. The first-order chi connectivity index (χ1) is 8.15. The number of hydrogen-bond acceptors (Lipinski definition) is 3. The summed E-state index contributed by atoms with van der Waals surface area (Å²) in [6.07, 6.45) is 0.960. The number of carbonyl (C=O) groups excluding carboxylic acids is 1. The van der Waals surface area contributed by atoms with Crippen LogP contribution in [0.5, 0.6) is 0 Å². The number of aryl methyl sites for hydroxylation is 1. The predicted molar refractivity (Wildman–Crippen MR) is 75.5 cm³/mol. The van der Waals surface area contributed by atoms with Crippen molar-refractivity contribution >= 4 is 23.4 Å². The Hall–Kier alpha value is -1.00. The van der Waals surface area contributed by atoms with Gasteiger partial charge in [-0.3, -0.25) is 4.79 Å². The van der Waals surface area contributed by atoms with Gasteiger partial charge in [0.15, 0.2) is 0 Å². The fourth-order valence-electron chi connectivity index (χ4n) is 1.42. The van der Waals surface area contributed by atoms with Crippen molar-refractivity contribution in [2.24, 2.45) is 5.73 Å². The van der Waals surface area contributed by atoms with E-state index in [0.29, 0.717) is 12.3 Å². The van der Waals surface area contributed by atoms with E-state index in [1.807, 2.05) is 32.0 Å². The molecular weight excluding hydrogens is 232 g/mol. The van der Waals surface area contributed by atoms with Crippen molar-refractivity contribution in [3.8, 4) is 0 Å². The van der Waals surface area contributed by atoms with Crippen LogP contribution in [0.1, 0.15) is 17.5 Å². The molecular formula is C13H20N2OS. The molecule has 0 aliphatic rings. The zero-order valence-electron chi connectivity index (χ0n) is 10.5. The molecule has 17 heavy (non-hydrogen) atoms. The number of carbonyl (C=O) groups is 1. The van der Waals surface area contributed by atoms with Crippen molar-refractivity contribution in [3.63, 3.8) is 0 Å². The third-order valence-electron chi connectivity index (χ3n) is 2.60. The first kappa shape index (κ1) is 14.1. The Kier molecular flexibility index (Phi) is 6.08. The summed E-state index contributed by atoms with van der Waals surface area (Å²) in [7, 11) is 0. The summed E-state index contributed by atoms with van der Waals surface area (Å²) in [6, 6.07) is 5.94. The lowest BCUT2D eigenvalue weighted by molar-refractivity contribution is -0.113. The molecule has 0 unspecified atom stereocenters. The molecule has 1 rings (SSSR count). The monoisotopic (exact) mass is 252 g/mol. The maximum absolute atomic E-state index is 11.7. The van der Waals surface area contributed by atoms with E-state index in [1.54, 1.807) is 11.8 Å². The number of hydrogen-bond donors (Lipinski definition) is 2. The highest BCUT2D eigenvalue weighted by molar-refractivity contribution is 7.99. The molecule has 0 saturated carbocycles. The third kappa shape index (κ3) is 4.79. The molecule has 94 valence electrons. The van der Waals surface area contributed by atoms with Gasteiger partial charge in [-0.1, -0.05) is 12.1 Å². The Balaban J connectivity index is 2.43. The van der Waals surface area contributed by atoms with Crippen molar-refractivity contribution in [2.75, 3.05) is 23.4 Å². The van der Waals surface area contributed by atoms with Crippen molar-refractivity contribution in [2.45, 2.75) is 20.3 Å². The van der Waals surface area contributed by atoms with Gasteiger partial charge in [0.05, 0.1) is 5.75 Å². The zero-order chi connectivity index (χ0) is 12.7. The summed E-state index contributed by atoms with van der Waals surface area (Å²) in [5.74, 6) is 1.49. The van der Waals surface area contributed by atoms with Crippen LogP contribution in [0, 0.1) is 13.8 Å². The molecule has 0 radical (unpaired) electrons. The van der Waals surface area contributed by atoms with E-state index >= 15 is 0 Å². The standard InChI is InChI=1S/C13H20N2OS/c1-10-5-3-6-12(11(10)2)15-13(16)9-17-8-4-7-14/h3,5-6H,4,7-9,14H2,1-2H3,(H,15,16). The largest absolute Gasteiger partial charge is 0.330 e. The molecule has 0 heterocycles. The van der Waals surface area contributed by atoms with E-state index < -0.39 is 0 Å². The minimum atomic E-state index is 0.0562. The van der Waals surface area contributed by atoms with Crippen LogP contribution in [0.4, 0.5) is 5.69 Å². The average molecular weight is 252 g/mol. The summed E-state index contributed by atoms with van der Waals surface area (Å²) in [6.45, 7) is 4.75. The maximum Gasteiger partial charge on any atom is 0.234 e. The van der Waals surface area contributed by atoms with Crippen LogP contribution in [0.25, 0.3) is 0 Å². The second-order valence-electron chi connectivity index (χ2n) is 3.99. The smallest absolute Gasteiger partial charge is 0.234 e. The van der Waals surface area contributed by atoms with Crippen LogP contribution in [-0.4, -0.2) is 24.0 Å². The average Bonchev–Trinajstić information content (AvgIpc) is 2.31. The van der Waals surface area contributed by atoms with Gasteiger partial charge in [-0.25, -0.2) is 0 Å². The molecule has 0 aliphatic heterocycles. The molecule has 1 amide bonds. The van der Waals surface area contributed by atoms with Gasteiger partial charge in [0, 0.05) is 5.69 Å². The number of benzene rings is 1. The van der Waals surface area contributed by atoms with Gasteiger partial charge in [-0.05, 0) is 49.8 Å². The molecule has 0 spiro atoms. The zero-order valence-corrected chi connectivity index (χ0v) is 11.3. The summed E-state index contributed by atoms with van der Waals surface area (Å²) < 4.78 is 0. The van der Waals surface area contributed by atoms with Gasteiger partial charge in [0.25, 0.3) is 0 Å².